The van der Waals surface area contributed by atoms with Gasteiger partial charge in [-0.05, 0) is 32.0 Å². The fraction of sp³-hybridized carbons (Fsp3) is 0.231. The second-order valence-corrected chi connectivity index (χ2v) is 4.64. The lowest BCUT2D eigenvalue weighted by molar-refractivity contribution is 0.0521. The molecule has 1 aromatic carbocycles. The Kier molecular flexibility index (Phi) is 3.52. The fourth-order valence-corrected chi connectivity index (χ4v) is 2.08. The maximum atomic E-state index is 12.2. The van der Waals surface area contributed by atoms with Crippen molar-refractivity contribution in [2.75, 3.05) is 6.61 Å². The van der Waals surface area contributed by atoms with Gasteiger partial charge in [-0.1, -0.05) is 15.9 Å². The van der Waals surface area contributed by atoms with Crippen molar-refractivity contribution in [1.29, 1.82) is 0 Å². The summed E-state index contributed by atoms with van der Waals surface area (Å²) in [6.07, 6.45) is 0. The van der Waals surface area contributed by atoms with Gasteiger partial charge in [0.2, 0.25) is 5.43 Å². The molecule has 5 heteroatoms. The van der Waals surface area contributed by atoms with E-state index >= 15 is 0 Å². The molecule has 0 spiro atoms. The van der Waals surface area contributed by atoms with Crippen LogP contribution < -0.4 is 5.43 Å². The molecule has 94 valence electrons. The van der Waals surface area contributed by atoms with E-state index in [0.29, 0.717) is 11.0 Å². The molecule has 2 rings (SSSR count). The van der Waals surface area contributed by atoms with Crippen LogP contribution in [0.4, 0.5) is 0 Å². The fourth-order valence-electron chi connectivity index (χ4n) is 1.72. The lowest BCUT2D eigenvalue weighted by Gasteiger charge is -2.06. The number of hydrogen-bond donors (Lipinski definition) is 0. The van der Waals surface area contributed by atoms with E-state index in [4.69, 9.17) is 9.15 Å². The summed E-state index contributed by atoms with van der Waals surface area (Å²) in [5, 5.41) is 0.359. The topological polar surface area (TPSA) is 56.5 Å². The van der Waals surface area contributed by atoms with Crippen molar-refractivity contribution in [3.05, 3.63) is 44.2 Å². The third-order valence-corrected chi connectivity index (χ3v) is 3.00. The van der Waals surface area contributed by atoms with Crippen molar-refractivity contribution >= 4 is 32.9 Å². The Hall–Kier alpha value is -1.62. The summed E-state index contributed by atoms with van der Waals surface area (Å²) in [6, 6.07) is 5.08. The summed E-state index contributed by atoms with van der Waals surface area (Å²) in [4.78, 5) is 24.0. The molecule has 0 N–H and O–H groups in total. The molecule has 0 aliphatic heterocycles. The maximum absolute atomic E-state index is 12.2. The van der Waals surface area contributed by atoms with E-state index in [0.717, 1.165) is 4.47 Å². The molecule has 0 radical (unpaired) electrons. The highest BCUT2D eigenvalue weighted by Crippen LogP contribution is 2.20. The Morgan fingerprint density at radius 1 is 1.44 bits per heavy atom. The van der Waals surface area contributed by atoms with Crippen LogP contribution in [-0.2, 0) is 4.74 Å². The Morgan fingerprint density at radius 3 is 2.83 bits per heavy atom. The number of aryl methyl sites for hydroxylation is 1. The molecule has 1 aromatic heterocycles. The van der Waals surface area contributed by atoms with Gasteiger partial charge in [0.25, 0.3) is 0 Å². The van der Waals surface area contributed by atoms with Gasteiger partial charge in [0.15, 0.2) is 0 Å². The summed E-state index contributed by atoms with van der Waals surface area (Å²) < 4.78 is 11.1. The third-order valence-electron chi connectivity index (χ3n) is 2.51. The lowest BCUT2D eigenvalue weighted by Crippen LogP contribution is -2.19. The Balaban J connectivity index is 2.75. The summed E-state index contributed by atoms with van der Waals surface area (Å²) in [5.41, 5.74) is 0.0460. The van der Waals surface area contributed by atoms with Crippen LogP contribution in [0.2, 0.25) is 0 Å². The Morgan fingerprint density at radius 2 is 2.17 bits per heavy atom. The second-order valence-electron chi connectivity index (χ2n) is 3.72. The Bertz CT molecular complexity index is 672. The normalized spacial score (nSPS) is 10.6. The molecule has 2 aromatic rings. The first-order valence-corrected chi connectivity index (χ1v) is 6.24. The number of fused-ring (bicyclic) bond motifs is 1. The van der Waals surface area contributed by atoms with Gasteiger partial charge in [-0.15, -0.1) is 0 Å². The van der Waals surface area contributed by atoms with Crippen molar-refractivity contribution in [3.8, 4) is 0 Å². The first-order chi connectivity index (χ1) is 8.54. The van der Waals surface area contributed by atoms with E-state index in [9.17, 15) is 9.59 Å². The van der Waals surface area contributed by atoms with E-state index in [2.05, 4.69) is 15.9 Å². The number of hydrogen-bond acceptors (Lipinski definition) is 4. The number of halogens is 1. The predicted molar refractivity (Wildman–Crippen MR) is 70.9 cm³/mol. The highest BCUT2D eigenvalue weighted by Gasteiger charge is 2.19. The number of esters is 1. The molecule has 0 fully saturated rings. The number of benzene rings is 1. The first kappa shape index (κ1) is 12.8. The molecule has 0 aliphatic rings. The zero-order chi connectivity index (χ0) is 13.3. The van der Waals surface area contributed by atoms with Gasteiger partial charge in [0, 0.05) is 4.47 Å². The average molecular weight is 311 g/mol. The van der Waals surface area contributed by atoms with E-state index in [-0.39, 0.29) is 23.4 Å². The molecule has 0 unspecified atom stereocenters. The summed E-state index contributed by atoms with van der Waals surface area (Å²) in [5.74, 6) is -0.376. The number of carbonyl (C=O) groups excluding carboxylic acids is 1. The highest BCUT2D eigenvalue weighted by atomic mass is 79.9. The standard InChI is InChI=1S/C13H11BrO4/c1-3-17-13(16)11-7(2)18-10-5-4-8(14)6-9(10)12(11)15/h4-6H,3H2,1-2H3. The molecule has 1 heterocycles. The van der Waals surface area contributed by atoms with Gasteiger partial charge in [-0.3, -0.25) is 4.79 Å². The monoisotopic (exact) mass is 310 g/mol. The van der Waals surface area contributed by atoms with Crippen LogP contribution in [0.3, 0.4) is 0 Å². The van der Waals surface area contributed by atoms with Crippen LogP contribution in [-0.4, -0.2) is 12.6 Å². The molecule has 0 saturated heterocycles. The molecule has 18 heavy (non-hydrogen) atoms. The minimum Gasteiger partial charge on any atom is -0.462 e. The number of ether oxygens (including phenoxy) is 1. The van der Waals surface area contributed by atoms with Crippen molar-refractivity contribution in [1.82, 2.24) is 0 Å². The zero-order valence-electron chi connectivity index (χ0n) is 9.95. The van der Waals surface area contributed by atoms with E-state index < -0.39 is 5.97 Å². The average Bonchev–Trinajstić information content (AvgIpc) is 2.31. The van der Waals surface area contributed by atoms with Crippen LogP contribution in [0, 0.1) is 6.92 Å². The highest BCUT2D eigenvalue weighted by molar-refractivity contribution is 9.10. The molecule has 0 aliphatic carbocycles. The first-order valence-electron chi connectivity index (χ1n) is 5.44. The van der Waals surface area contributed by atoms with Crippen molar-refractivity contribution < 1.29 is 13.9 Å². The van der Waals surface area contributed by atoms with E-state index in [1.54, 1.807) is 32.0 Å². The quantitative estimate of drug-likeness (QED) is 0.800. The van der Waals surface area contributed by atoms with Gasteiger partial charge in [-0.2, -0.15) is 0 Å². The molecule has 0 saturated carbocycles. The van der Waals surface area contributed by atoms with Crippen LogP contribution in [0.5, 0.6) is 0 Å². The number of rotatable bonds is 2. The summed E-state index contributed by atoms with van der Waals surface area (Å²) >= 11 is 3.28. The van der Waals surface area contributed by atoms with Gasteiger partial charge < -0.3 is 9.15 Å². The van der Waals surface area contributed by atoms with Gasteiger partial charge in [0.1, 0.15) is 16.9 Å². The molecule has 0 bridgehead atoms. The minimum absolute atomic E-state index is 0.0394. The van der Waals surface area contributed by atoms with Crippen LogP contribution >= 0.6 is 15.9 Å². The van der Waals surface area contributed by atoms with E-state index in [1.807, 2.05) is 0 Å². The molecular weight excluding hydrogens is 300 g/mol. The largest absolute Gasteiger partial charge is 0.462 e. The molecule has 0 atom stereocenters. The van der Waals surface area contributed by atoms with Gasteiger partial charge >= 0.3 is 5.97 Å². The summed E-state index contributed by atoms with van der Waals surface area (Å²) in [7, 11) is 0. The maximum Gasteiger partial charge on any atom is 0.345 e. The molecule has 4 nitrogen and oxygen atoms in total. The zero-order valence-corrected chi connectivity index (χ0v) is 11.5. The smallest absolute Gasteiger partial charge is 0.345 e. The van der Waals surface area contributed by atoms with Crippen LogP contribution in [0.15, 0.2) is 31.9 Å². The van der Waals surface area contributed by atoms with Crippen LogP contribution in [0.25, 0.3) is 11.0 Å². The van der Waals surface area contributed by atoms with Crippen molar-refractivity contribution in [2.24, 2.45) is 0 Å². The molecular formula is C13H11BrO4. The SMILES string of the molecule is CCOC(=O)c1c(C)oc2ccc(Br)cc2c1=O. The molecule has 0 amide bonds. The van der Waals surface area contributed by atoms with E-state index in [1.165, 1.54) is 0 Å². The number of carbonyl (C=O) groups is 1. The Labute approximate surface area is 112 Å². The van der Waals surface area contributed by atoms with Crippen LogP contribution in [0.1, 0.15) is 23.0 Å². The summed E-state index contributed by atoms with van der Waals surface area (Å²) in [6.45, 7) is 3.48. The van der Waals surface area contributed by atoms with Gasteiger partial charge in [-0.25, -0.2) is 4.79 Å². The second kappa shape index (κ2) is 4.94. The third kappa shape index (κ3) is 2.18. The minimum atomic E-state index is -0.648. The van der Waals surface area contributed by atoms with Gasteiger partial charge in [0.05, 0.1) is 12.0 Å². The van der Waals surface area contributed by atoms with Crippen molar-refractivity contribution in [3.63, 3.8) is 0 Å². The predicted octanol–water partition coefficient (Wildman–Crippen LogP) is 3.04. The van der Waals surface area contributed by atoms with Crippen molar-refractivity contribution in [2.45, 2.75) is 13.8 Å². The lowest BCUT2D eigenvalue weighted by atomic mass is 10.1.